The lowest BCUT2D eigenvalue weighted by molar-refractivity contribution is -0.118. The lowest BCUT2D eigenvalue weighted by Crippen LogP contribution is -2.25. The van der Waals surface area contributed by atoms with Crippen LogP contribution in [-0.2, 0) is 16.1 Å². The summed E-state index contributed by atoms with van der Waals surface area (Å²) < 4.78 is 16.5. The van der Waals surface area contributed by atoms with Gasteiger partial charge in [0.2, 0.25) is 5.91 Å². The number of hydrogen-bond donors (Lipinski definition) is 1. The van der Waals surface area contributed by atoms with Crippen molar-refractivity contribution in [3.63, 3.8) is 0 Å². The minimum atomic E-state index is -0.380. The largest absolute Gasteiger partial charge is 0.497 e. The molecule has 0 bridgehead atoms. The average molecular weight is 521 g/mol. The molecule has 1 atom stereocenters. The van der Waals surface area contributed by atoms with Gasteiger partial charge in [-0.2, -0.15) is 0 Å². The number of nitrogens with zero attached hydrogens (tertiary/aromatic N) is 1. The van der Waals surface area contributed by atoms with Crippen molar-refractivity contribution in [2.75, 3.05) is 27.4 Å². The Hall–Kier alpha value is -3.98. The highest BCUT2D eigenvalue weighted by atomic mass is 32.2. The molecule has 3 aromatic carbocycles. The zero-order valence-corrected chi connectivity index (χ0v) is 21.7. The summed E-state index contributed by atoms with van der Waals surface area (Å²) in [6, 6.07) is 21.1. The van der Waals surface area contributed by atoms with Crippen molar-refractivity contribution in [2.45, 2.75) is 18.6 Å². The molecule has 0 radical (unpaired) electrons. The molecule has 1 heterocycles. The number of thioether (sulfide) groups is 1. The van der Waals surface area contributed by atoms with Crippen LogP contribution < -0.4 is 19.5 Å². The Morgan fingerprint density at radius 3 is 2.30 bits per heavy atom. The molecular formula is C28H28N2O6S. The molecule has 0 aliphatic carbocycles. The Morgan fingerprint density at radius 1 is 0.919 bits per heavy atom. The van der Waals surface area contributed by atoms with Gasteiger partial charge in [-0.3, -0.25) is 14.9 Å². The number of benzene rings is 3. The fraction of sp³-hybridized carbons (Fsp3) is 0.250. The maximum absolute atomic E-state index is 11.7. The van der Waals surface area contributed by atoms with Gasteiger partial charge in [0.25, 0.3) is 5.24 Å². The molecule has 37 heavy (non-hydrogen) atoms. The van der Waals surface area contributed by atoms with Crippen LogP contribution in [0.5, 0.6) is 17.2 Å². The number of nitrogens with one attached hydrogen (secondary N) is 1. The fourth-order valence-corrected chi connectivity index (χ4v) is 4.65. The summed E-state index contributed by atoms with van der Waals surface area (Å²) in [5, 5.41) is 5.83. The van der Waals surface area contributed by atoms with Crippen LogP contribution in [0.4, 0.5) is 4.79 Å². The molecule has 4 rings (SSSR count). The first-order valence-corrected chi connectivity index (χ1v) is 12.6. The zero-order chi connectivity index (χ0) is 26.2. The van der Waals surface area contributed by atoms with Crippen molar-refractivity contribution in [3.05, 3.63) is 77.9 Å². The number of imide groups is 1. The zero-order valence-electron chi connectivity index (χ0n) is 20.9. The molecule has 1 N–H and O–H groups in total. The lowest BCUT2D eigenvalue weighted by atomic mass is 10.0. The van der Waals surface area contributed by atoms with Gasteiger partial charge in [-0.05, 0) is 60.4 Å². The van der Waals surface area contributed by atoms with Crippen LogP contribution in [0, 0.1) is 0 Å². The van der Waals surface area contributed by atoms with E-state index >= 15 is 0 Å². The fourth-order valence-electron chi connectivity index (χ4n) is 3.79. The summed E-state index contributed by atoms with van der Waals surface area (Å²) in [6.07, 6.45) is 0.494. The number of amides is 2. The van der Waals surface area contributed by atoms with Gasteiger partial charge in [-0.15, -0.1) is 0 Å². The van der Waals surface area contributed by atoms with Gasteiger partial charge < -0.3 is 19.0 Å². The van der Waals surface area contributed by atoms with E-state index in [0.29, 0.717) is 25.4 Å². The van der Waals surface area contributed by atoms with Crippen LogP contribution in [0.3, 0.4) is 0 Å². The predicted molar refractivity (Wildman–Crippen MR) is 144 cm³/mol. The number of hydrogen-bond acceptors (Lipinski definition) is 8. The summed E-state index contributed by atoms with van der Waals surface area (Å²) >= 11 is 1.03. The number of carbonyl (C=O) groups excluding carboxylic acids is 2. The number of methoxy groups -OCH3 is 2. The minimum Gasteiger partial charge on any atom is -0.497 e. The Morgan fingerprint density at radius 2 is 1.65 bits per heavy atom. The first kappa shape index (κ1) is 26.1. The quantitative estimate of drug-likeness (QED) is 0.214. The molecule has 9 heteroatoms. The van der Waals surface area contributed by atoms with E-state index in [1.165, 1.54) is 0 Å². The molecule has 8 nitrogen and oxygen atoms in total. The molecule has 1 fully saturated rings. The van der Waals surface area contributed by atoms with E-state index < -0.39 is 0 Å². The Kier molecular flexibility index (Phi) is 8.68. The Labute approximate surface area is 219 Å². The normalized spacial score (nSPS) is 15.3. The molecule has 0 aromatic heterocycles. The molecule has 3 aromatic rings. The van der Waals surface area contributed by atoms with Crippen molar-refractivity contribution in [1.82, 2.24) is 5.32 Å². The molecule has 1 unspecified atom stereocenters. The van der Waals surface area contributed by atoms with Gasteiger partial charge in [0.15, 0.2) is 6.61 Å². The summed E-state index contributed by atoms with van der Waals surface area (Å²) in [5.74, 6) is 1.99. The summed E-state index contributed by atoms with van der Waals surface area (Å²) in [5.41, 5.74) is 4.61. The summed E-state index contributed by atoms with van der Waals surface area (Å²) in [4.78, 5) is 28.4. The highest BCUT2D eigenvalue weighted by Crippen LogP contribution is 2.33. The van der Waals surface area contributed by atoms with E-state index in [4.69, 9.17) is 19.0 Å². The molecule has 0 spiro atoms. The van der Waals surface area contributed by atoms with Gasteiger partial charge in [0.1, 0.15) is 23.9 Å². The van der Waals surface area contributed by atoms with Crippen molar-refractivity contribution < 1.29 is 28.6 Å². The average Bonchev–Trinajstić information content (AvgIpc) is 3.24. The second-order valence-corrected chi connectivity index (χ2v) is 9.41. The number of oxime groups is 1. The van der Waals surface area contributed by atoms with E-state index in [1.54, 1.807) is 14.2 Å². The minimum absolute atomic E-state index is 0.239. The Bertz CT molecular complexity index is 1270. The summed E-state index contributed by atoms with van der Waals surface area (Å²) in [7, 11) is 3.29. The van der Waals surface area contributed by atoms with E-state index in [-0.39, 0.29) is 16.4 Å². The van der Waals surface area contributed by atoms with Crippen LogP contribution in [0.2, 0.25) is 0 Å². The van der Waals surface area contributed by atoms with Gasteiger partial charge in [-0.1, -0.05) is 53.3 Å². The maximum Gasteiger partial charge on any atom is 0.286 e. The monoisotopic (exact) mass is 520 g/mol. The van der Waals surface area contributed by atoms with Crippen LogP contribution in [0.25, 0.3) is 11.1 Å². The topological polar surface area (TPSA) is 95.4 Å². The van der Waals surface area contributed by atoms with Crippen molar-refractivity contribution in [3.8, 4) is 28.4 Å². The summed E-state index contributed by atoms with van der Waals surface area (Å²) in [6.45, 7) is 2.51. The van der Waals surface area contributed by atoms with Crippen LogP contribution in [-0.4, -0.2) is 49.5 Å². The van der Waals surface area contributed by atoms with Gasteiger partial charge in [0.05, 0.1) is 25.2 Å². The lowest BCUT2D eigenvalue weighted by Gasteiger charge is -2.11. The molecule has 192 valence electrons. The van der Waals surface area contributed by atoms with Gasteiger partial charge in [0, 0.05) is 5.56 Å². The third kappa shape index (κ3) is 6.83. The number of rotatable bonds is 11. The van der Waals surface area contributed by atoms with E-state index in [1.807, 2.05) is 73.7 Å². The van der Waals surface area contributed by atoms with Crippen LogP contribution >= 0.6 is 11.8 Å². The molecule has 0 saturated carbocycles. The third-order valence-electron chi connectivity index (χ3n) is 5.78. The van der Waals surface area contributed by atoms with Gasteiger partial charge >= 0.3 is 0 Å². The van der Waals surface area contributed by atoms with Crippen molar-refractivity contribution >= 4 is 28.6 Å². The first-order valence-electron chi connectivity index (χ1n) is 11.7. The van der Waals surface area contributed by atoms with E-state index in [9.17, 15) is 9.59 Å². The predicted octanol–water partition coefficient (Wildman–Crippen LogP) is 5.08. The number of carbonyl (C=O) groups is 2. The van der Waals surface area contributed by atoms with E-state index in [0.717, 1.165) is 51.2 Å². The highest BCUT2D eigenvalue weighted by molar-refractivity contribution is 8.15. The number of ether oxygens (including phenoxy) is 3. The SMILES string of the molecule is COc1ccc(OC)c(-c2ccc(C(C)=NOCCOc3ccc(CC4SC(=O)NC4=O)cc3)cc2)c1. The second kappa shape index (κ2) is 12.3. The van der Waals surface area contributed by atoms with E-state index in [2.05, 4.69) is 10.5 Å². The molecular weight excluding hydrogens is 492 g/mol. The molecule has 1 aliphatic heterocycles. The first-order chi connectivity index (χ1) is 18.0. The van der Waals surface area contributed by atoms with Crippen LogP contribution in [0.1, 0.15) is 18.1 Å². The van der Waals surface area contributed by atoms with Crippen LogP contribution in [0.15, 0.2) is 71.9 Å². The third-order valence-corrected chi connectivity index (χ3v) is 6.76. The molecule has 1 saturated heterocycles. The molecule has 2 amide bonds. The second-order valence-electron chi connectivity index (χ2n) is 8.23. The van der Waals surface area contributed by atoms with Gasteiger partial charge in [-0.25, -0.2) is 0 Å². The Balaban J connectivity index is 1.25. The highest BCUT2D eigenvalue weighted by Gasteiger charge is 2.31. The smallest absolute Gasteiger partial charge is 0.286 e. The standard InChI is InChI=1S/C28H28N2O6S/c1-18(20-6-8-21(9-7-20)24-17-23(33-2)12-13-25(24)34-3)30-36-15-14-35-22-10-4-19(5-11-22)16-26-27(31)29-28(32)37-26/h4-13,17,26H,14-16H2,1-3H3,(H,29,31,32). The maximum atomic E-state index is 11.7. The van der Waals surface area contributed by atoms with Crippen molar-refractivity contribution in [2.24, 2.45) is 5.16 Å². The molecule has 1 aliphatic rings. The van der Waals surface area contributed by atoms with Crippen molar-refractivity contribution in [1.29, 1.82) is 0 Å².